The first-order valence-electron chi connectivity index (χ1n) is 38.8. The van der Waals surface area contributed by atoms with Crippen LogP contribution in [0.25, 0.3) is 0 Å². The topological polar surface area (TPSA) is 829 Å². The number of aliphatic hydroxyl groups is 27. The lowest BCUT2D eigenvalue weighted by molar-refractivity contribution is -0.390. The molecule has 9 heterocycles. The minimum absolute atomic E-state index is 0.925. The fourth-order valence-corrected chi connectivity index (χ4v) is 15.4. The summed E-state index contributed by atoms with van der Waals surface area (Å²) >= 11 is 0. The largest absolute Gasteiger partial charge is 0.394 e. The summed E-state index contributed by atoms with van der Waals surface area (Å²) in [5.74, 6) is -3.74. The second-order valence-corrected chi connectivity index (χ2v) is 30.7. The van der Waals surface area contributed by atoms with Crippen LogP contribution in [0.3, 0.4) is 0 Å². The number of hydrogen-bond acceptors (Lipinski definition) is 49. The molecule has 9 saturated heterocycles. The van der Waals surface area contributed by atoms with Gasteiger partial charge in [0.2, 0.25) is 23.6 Å². The van der Waals surface area contributed by atoms with Gasteiger partial charge in [0.05, 0.1) is 77.7 Å². The Morgan fingerprint density at radius 2 is 0.595 bits per heavy atom. The van der Waals surface area contributed by atoms with Crippen LogP contribution in [0.15, 0.2) is 0 Å². The summed E-state index contributed by atoms with van der Waals surface area (Å²) in [6.45, 7) is -3.75. The molecule has 0 bridgehead atoms. The van der Waals surface area contributed by atoms with Crippen molar-refractivity contribution in [2.45, 2.75) is 342 Å². The van der Waals surface area contributed by atoms with Gasteiger partial charge in [-0.1, -0.05) is 0 Å². The predicted molar refractivity (Wildman–Crippen MR) is 375 cm³/mol. The van der Waals surface area contributed by atoms with Crippen molar-refractivity contribution in [2.75, 3.05) is 59.5 Å². The molecule has 0 aromatic carbocycles. The van der Waals surface area contributed by atoms with Gasteiger partial charge in [-0.3, -0.25) is 19.2 Å². The van der Waals surface area contributed by atoms with Gasteiger partial charge in [0.1, 0.15) is 226 Å². The van der Waals surface area contributed by atoms with E-state index >= 15 is 0 Å². The highest BCUT2D eigenvalue weighted by Crippen LogP contribution is 2.40. The molecule has 0 aromatic rings. The first kappa shape index (κ1) is 101. The number of rotatable bonds is 34. The molecule has 31 N–H and O–H groups in total. The lowest BCUT2D eigenvalue weighted by Gasteiger charge is -2.50. The molecule has 0 radical (unpaired) electrons. The zero-order chi connectivity index (χ0) is 89.5. The average molecular weight is 1770 g/mol. The van der Waals surface area contributed by atoms with E-state index in [9.17, 15) is 157 Å². The maximum atomic E-state index is 12.9. The van der Waals surface area contributed by atoms with Crippen molar-refractivity contribution in [3.63, 3.8) is 0 Å². The molecule has 9 aliphatic heterocycles. The van der Waals surface area contributed by atoms with Gasteiger partial charge in [0, 0.05) is 27.7 Å². The van der Waals surface area contributed by atoms with Crippen molar-refractivity contribution in [1.29, 1.82) is 0 Å². The monoisotopic (exact) mass is 1770 g/mol. The van der Waals surface area contributed by atoms with Gasteiger partial charge in [0.15, 0.2) is 56.6 Å². The van der Waals surface area contributed by atoms with Gasteiger partial charge in [-0.05, 0) is 13.8 Å². The molecule has 53 nitrogen and oxygen atoms in total. The lowest BCUT2D eigenvalue weighted by atomic mass is 9.94. The highest BCUT2D eigenvalue weighted by Gasteiger charge is 2.61. The molecule has 0 saturated carbocycles. The normalized spacial score (nSPS) is 47.3. The van der Waals surface area contributed by atoms with Crippen LogP contribution in [0, 0.1) is 0 Å². The van der Waals surface area contributed by atoms with Crippen LogP contribution in [0.2, 0.25) is 0 Å². The SMILES string of the molecule is CC(=O)N[C@H]1[C@H](OC[C@@H](O)[C@H](O)[C@H](O[C@@H]2O[C@H](CO)[C@H](O)[C@H](O[C@@H]3O[C@H](CO)[C@@H](O[C@@H]4O[C@H](CO)[C@H](O)[C@H](O)[C@H]4O[C@@H]4O[C@@H](C)[C@@H](O)[C@@H](O)[C@@H]4O)[C@H](O)[C@H]3NC(C)=O)[C@H]2O)[C@H](CO)NC(C)=O)O[C@H](CO)[C@@H](O[C@@H]2O[C@H](CO)[C@H](O)[C@H](O[C@@H]3O[C@H](CO)[C@@H](O[C@@H]4O[C@H](CO)[C@H](O)[C@H](O)[C@H]4O[C@@H]4O[C@@H](C)[C@@H](O)[C@@H](O)[C@@H]4O)[C@H](O)[C@H]3NC(C)=O)[C@H]2O)[C@@H]1O. The van der Waals surface area contributed by atoms with E-state index in [0.717, 1.165) is 27.7 Å². The van der Waals surface area contributed by atoms with E-state index < -0.39 is 384 Å². The van der Waals surface area contributed by atoms with E-state index in [1.807, 2.05) is 0 Å². The van der Waals surface area contributed by atoms with Crippen LogP contribution < -0.4 is 21.3 Å². The predicted octanol–water partition coefficient (Wildman–Crippen LogP) is -20.5. The van der Waals surface area contributed by atoms with Crippen LogP contribution in [-0.2, 0) is 104 Å². The van der Waals surface area contributed by atoms with Gasteiger partial charge in [-0.15, -0.1) is 0 Å². The molecule has 0 spiro atoms. The molecule has 121 heavy (non-hydrogen) atoms. The second-order valence-electron chi connectivity index (χ2n) is 30.7. The van der Waals surface area contributed by atoms with Gasteiger partial charge >= 0.3 is 0 Å². The Labute approximate surface area is 686 Å². The summed E-state index contributed by atoms with van der Waals surface area (Å²) in [5, 5.41) is 309. The van der Waals surface area contributed by atoms with Crippen molar-refractivity contribution in [2.24, 2.45) is 0 Å². The lowest BCUT2D eigenvalue weighted by Crippen LogP contribution is -2.70. The molecule has 9 rings (SSSR count). The van der Waals surface area contributed by atoms with Crippen LogP contribution >= 0.6 is 0 Å². The van der Waals surface area contributed by atoms with Crippen LogP contribution in [-0.4, -0.2) is 521 Å². The Hall–Kier alpha value is -3.92. The molecule has 0 unspecified atom stereocenters. The zero-order valence-electron chi connectivity index (χ0n) is 65.7. The summed E-state index contributed by atoms with van der Waals surface area (Å²) in [6, 6.07) is -7.57. The number of nitrogens with one attached hydrogen (secondary N) is 4. The highest BCUT2D eigenvalue weighted by atomic mass is 16.8. The molecular weight excluding hydrogens is 1660 g/mol. The van der Waals surface area contributed by atoms with Crippen molar-refractivity contribution in [1.82, 2.24) is 21.3 Å². The maximum Gasteiger partial charge on any atom is 0.217 e. The average Bonchev–Trinajstić information content (AvgIpc) is 0.771. The molecular formula is C68H116N4O49. The van der Waals surface area contributed by atoms with Gasteiger partial charge in [0.25, 0.3) is 0 Å². The number of hydrogen-bond donors (Lipinski definition) is 31. The number of amides is 4. The molecule has 0 aliphatic carbocycles. The maximum absolute atomic E-state index is 12.9. The smallest absolute Gasteiger partial charge is 0.217 e. The minimum atomic E-state index is -2.49. The van der Waals surface area contributed by atoms with Gasteiger partial charge in [-0.2, -0.15) is 0 Å². The first-order chi connectivity index (χ1) is 57.1. The van der Waals surface area contributed by atoms with Crippen molar-refractivity contribution in [3.8, 4) is 0 Å². The third-order valence-electron chi connectivity index (χ3n) is 22.1. The Bertz CT molecular complexity index is 3220. The molecule has 4 amide bonds. The summed E-state index contributed by atoms with van der Waals surface area (Å²) in [4.78, 5) is 51.4. The van der Waals surface area contributed by atoms with Crippen LogP contribution in [0.1, 0.15) is 41.5 Å². The highest BCUT2D eigenvalue weighted by molar-refractivity contribution is 5.74. The van der Waals surface area contributed by atoms with Crippen LogP contribution in [0.4, 0.5) is 0 Å². The van der Waals surface area contributed by atoms with Gasteiger partial charge in [-0.25, -0.2) is 0 Å². The fraction of sp³-hybridized carbons (Fsp3) is 0.941. The quantitative estimate of drug-likeness (QED) is 0.0284. The van der Waals surface area contributed by atoms with Gasteiger partial charge < -0.3 is 244 Å². The van der Waals surface area contributed by atoms with E-state index in [1.165, 1.54) is 13.8 Å². The fourth-order valence-electron chi connectivity index (χ4n) is 15.4. The molecule has 9 aliphatic rings. The van der Waals surface area contributed by atoms with E-state index in [1.54, 1.807) is 0 Å². The summed E-state index contributed by atoms with van der Waals surface area (Å²) < 4.78 is 105. The number of aliphatic hydroxyl groups excluding tert-OH is 27. The number of ether oxygens (including phenoxy) is 18. The van der Waals surface area contributed by atoms with Crippen molar-refractivity contribution >= 4 is 23.6 Å². The molecule has 9 fully saturated rings. The molecule has 702 valence electrons. The Kier molecular flexibility index (Phi) is 37.0. The molecule has 49 atom stereocenters. The minimum Gasteiger partial charge on any atom is -0.394 e. The Morgan fingerprint density at radius 1 is 0.298 bits per heavy atom. The van der Waals surface area contributed by atoms with E-state index in [-0.39, 0.29) is 0 Å². The first-order valence-corrected chi connectivity index (χ1v) is 38.8. The Morgan fingerprint density at radius 3 is 0.950 bits per heavy atom. The Balaban J connectivity index is 0.891. The van der Waals surface area contributed by atoms with Crippen LogP contribution in [0.5, 0.6) is 0 Å². The summed E-state index contributed by atoms with van der Waals surface area (Å²) in [7, 11) is 0. The summed E-state index contributed by atoms with van der Waals surface area (Å²) in [5.41, 5.74) is 0. The van der Waals surface area contributed by atoms with Crippen molar-refractivity contribution in [3.05, 3.63) is 0 Å². The summed E-state index contributed by atoms with van der Waals surface area (Å²) in [6.07, 6.45) is -89.9. The standard InChI is InChI=1S/C68H116N4O49/c1-16-34(86)44(96)48(100)63(105-16)120-58-46(98)37(89)24(8-74)109-67(58)116-54-29(13-79)112-61(32(42(54)94)71-20(5)83)118-56-39(91)26(10-76)107-65(50(56)102)114-52(22(7-73)69-18(3)81)36(88)23(85)15-104-60-31(70-19(4)82)41(93)53(28(12-78)111-60)115-66-51(103)57(40(92)27(11-77)108-66)119-62-33(72-21(6)84)43(95)55(30(14-80)113-62)117-68-59(47(99)38(90)25(9-75)110-68)121-64-49(101)45(97)35(87)17(2)106-64/h16-17,22-68,73-80,85-103H,7-15H2,1-6H3,(H,69,81)(H,70,82)(H,71,83)(H,72,84)/t16-,17-,22-,23+,24+,25+,26+,27+,28+,29+,30+,31+,32+,33+,34+,35+,36-,37-,38-,39-,40-,41+,42+,43+,44+,45+,46-,47-,48-,49-,50+,51+,52+,53+,54+,55+,56-,57-,58+,59+,60+,61-,62-,63-,64-,65-,66-,67-,68-/m0/s1. The van der Waals surface area contributed by atoms with E-state index in [2.05, 4.69) is 21.3 Å². The number of carbonyl (C=O) groups excluding carboxylic acids is 4. The zero-order valence-corrected chi connectivity index (χ0v) is 65.7. The van der Waals surface area contributed by atoms with Crippen molar-refractivity contribution < 1.29 is 242 Å². The second kappa shape index (κ2) is 44.4. The third-order valence-corrected chi connectivity index (χ3v) is 22.1. The molecule has 53 heteroatoms. The number of carbonyl (C=O) groups is 4. The van der Waals surface area contributed by atoms with E-state index in [0.29, 0.717) is 0 Å². The third kappa shape index (κ3) is 22.9. The van der Waals surface area contributed by atoms with E-state index in [4.69, 9.17) is 85.3 Å². The molecule has 0 aromatic heterocycles.